The lowest BCUT2D eigenvalue weighted by Gasteiger charge is -2.31. The number of hydrogen-bond donors (Lipinski definition) is 3. The van der Waals surface area contributed by atoms with Crippen molar-refractivity contribution in [3.63, 3.8) is 0 Å². The zero-order valence-electron chi connectivity index (χ0n) is 26.7. The van der Waals surface area contributed by atoms with E-state index in [-0.39, 0.29) is 24.0 Å². The maximum absolute atomic E-state index is 14.0. The van der Waals surface area contributed by atoms with Gasteiger partial charge in [0.2, 0.25) is 5.43 Å². The number of fused-ring (bicyclic) bond motifs is 1. The highest BCUT2D eigenvalue weighted by Crippen LogP contribution is 2.49. The second-order valence-corrected chi connectivity index (χ2v) is 14.5. The molecule has 1 aromatic heterocycles. The molecule has 3 aromatic rings. The summed E-state index contributed by atoms with van der Waals surface area (Å²) in [6.45, 7) is 18.6. The molecule has 0 bridgehead atoms. The van der Waals surface area contributed by atoms with Crippen molar-refractivity contribution >= 4 is 36.2 Å². The molecule has 0 saturated heterocycles. The molecule has 10 nitrogen and oxygen atoms in total. The molecule has 3 N–H and O–H groups in total. The highest BCUT2D eigenvalue weighted by atomic mass is 31.2. The fourth-order valence-electron chi connectivity index (χ4n) is 4.50. The van der Waals surface area contributed by atoms with Crippen LogP contribution in [0.15, 0.2) is 47.4 Å². The zero-order valence-corrected chi connectivity index (χ0v) is 27.6. The molecule has 1 amide bonds. The Hall–Kier alpha value is -3.46. The van der Waals surface area contributed by atoms with Crippen LogP contribution in [0, 0.1) is 0 Å². The van der Waals surface area contributed by atoms with E-state index in [2.05, 4.69) is 15.4 Å². The molecule has 0 aliphatic carbocycles. The van der Waals surface area contributed by atoms with Gasteiger partial charge in [-0.3, -0.25) is 18.9 Å². The molecule has 1 heterocycles. The van der Waals surface area contributed by atoms with Crippen molar-refractivity contribution < 1.29 is 27.9 Å². The lowest BCUT2D eigenvalue weighted by Crippen LogP contribution is -2.36. The maximum atomic E-state index is 14.0. The molecule has 0 fully saturated rings. The first-order valence-corrected chi connectivity index (χ1v) is 15.9. The first kappa shape index (κ1) is 34.0. The standard InChI is InChI=1S/C32H44N3O7P/c1-11-40-43(39,35-20(4)30(38)41-19(2)3)42-27-17-26(23(31(5,6)7)16-24(27)32(8,9)10)34-29(37)22-18-33-25-15-13-12-14-21(25)28(22)36/h12-20H,11H2,1-10H3,(H,33,36)(H,34,37)(H,35,39)/t20-,43+/m0/s1. The van der Waals surface area contributed by atoms with Crippen molar-refractivity contribution in [3.8, 4) is 5.75 Å². The third kappa shape index (κ3) is 8.34. The third-order valence-corrected chi connectivity index (χ3v) is 8.33. The fraction of sp³-hybridized carbons (Fsp3) is 0.469. The number of esters is 1. The van der Waals surface area contributed by atoms with Crippen LogP contribution in [0.4, 0.5) is 5.69 Å². The van der Waals surface area contributed by atoms with Crippen molar-refractivity contribution in [3.05, 3.63) is 69.5 Å². The van der Waals surface area contributed by atoms with Crippen LogP contribution in [0.25, 0.3) is 10.9 Å². The normalized spacial score (nSPS) is 14.3. The number of rotatable bonds is 10. The number of ether oxygens (including phenoxy) is 1. The molecule has 0 aliphatic rings. The van der Waals surface area contributed by atoms with Crippen LogP contribution in [-0.2, 0) is 29.5 Å². The average Bonchev–Trinajstić information content (AvgIpc) is 2.87. The number of anilines is 1. The number of amides is 1. The summed E-state index contributed by atoms with van der Waals surface area (Å²) < 4.78 is 30.9. The monoisotopic (exact) mass is 613 g/mol. The van der Waals surface area contributed by atoms with E-state index in [1.54, 1.807) is 51.1 Å². The van der Waals surface area contributed by atoms with Gasteiger partial charge in [-0.25, -0.2) is 4.57 Å². The van der Waals surface area contributed by atoms with Gasteiger partial charge in [-0.05, 0) is 62.3 Å². The molecule has 234 valence electrons. The van der Waals surface area contributed by atoms with Gasteiger partial charge in [0.15, 0.2) is 0 Å². The Labute approximate surface area is 253 Å². The summed E-state index contributed by atoms with van der Waals surface area (Å²) in [4.78, 5) is 42.2. The number of pyridine rings is 1. The molecule has 11 heteroatoms. The number of hydrogen-bond acceptors (Lipinski definition) is 7. The molecule has 0 saturated carbocycles. The Balaban J connectivity index is 2.12. The predicted octanol–water partition coefficient (Wildman–Crippen LogP) is 6.83. The van der Waals surface area contributed by atoms with E-state index < -0.39 is 41.9 Å². The van der Waals surface area contributed by atoms with Crippen LogP contribution in [0.5, 0.6) is 5.75 Å². The molecule has 3 rings (SSSR count). The maximum Gasteiger partial charge on any atom is 0.459 e. The summed E-state index contributed by atoms with van der Waals surface area (Å²) in [7, 11) is -4.11. The molecule has 0 spiro atoms. The number of aromatic nitrogens is 1. The van der Waals surface area contributed by atoms with E-state index in [0.717, 1.165) is 5.56 Å². The Morgan fingerprint density at radius 2 is 1.60 bits per heavy atom. The topological polar surface area (TPSA) is 136 Å². The van der Waals surface area contributed by atoms with Gasteiger partial charge in [-0.2, -0.15) is 5.09 Å². The second kappa shape index (κ2) is 13.0. The van der Waals surface area contributed by atoms with Crippen molar-refractivity contribution in [2.45, 2.75) is 92.2 Å². The summed E-state index contributed by atoms with van der Waals surface area (Å²) in [5.41, 5.74) is 1.11. The van der Waals surface area contributed by atoms with Crippen LogP contribution in [0.3, 0.4) is 0 Å². The number of aromatic amines is 1. The van der Waals surface area contributed by atoms with Crippen molar-refractivity contribution in [1.29, 1.82) is 0 Å². The first-order valence-electron chi connectivity index (χ1n) is 14.4. The number of H-pyrrole nitrogens is 1. The van der Waals surface area contributed by atoms with E-state index in [4.69, 9.17) is 13.8 Å². The second-order valence-electron chi connectivity index (χ2n) is 12.8. The summed E-state index contributed by atoms with van der Waals surface area (Å²) >= 11 is 0. The summed E-state index contributed by atoms with van der Waals surface area (Å²) in [6, 6.07) is 9.46. The molecule has 43 heavy (non-hydrogen) atoms. The smallest absolute Gasteiger partial charge is 0.459 e. The first-order chi connectivity index (χ1) is 19.9. The Kier molecular flexibility index (Phi) is 10.3. The molecular formula is C32H44N3O7P. The third-order valence-electron chi connectivity index (χ3n) is 6.59. The Bertz CT molecular complexity index is 1600. The van der Waals surface area contributed by atoms with Crippen LogP contribution < -0.4 is 20.4 Å². The highest BCUT2D eigenvalue weighted by Gasteiger charge is 2.35. The van der Waals surface area contributed by atoms with Gasteiger partial charge in [0.1, 0.15) is 17.4 Å². The minimum atomic E-state index is -4.11. The van der Waals surface area contributed by atoms with E-state index in [1.807, 2.05) is 47.6 Å². The van der Waals surface area contributed by atoms with E-state index >= 15 is 0 Å². The van der Waals surface area contributed by atoms with Crippen LogP contribution in [0.1, 0.15) is 90.7 Å². The zero-order chi connectivity index (χ0) is 32.3. The SMILES string of the molecule is CCO[P@](=O)(N[C@@H](C)C(=O)OC(C)C)Oc1cc(NC(=O)c2c[nH]c3ccccc3c2=O)c(C(C)(C)C)cc1C(C)(C)C. The van der Waals surface area contributed by atoms with Crippen LogP contribution in [-0.4, -0.2) is 35.6 Å². The highest BCUT2D eigenvalue weighted by molar-refractivity contribution is 7.52. The van der Waals surface area contributed by atoms with Gasteiger partial charge < -0.3 is 19.6 Å². The lowest BCUT2D eigenvalue weighted by molar-refractivity contribution is -0.149. The summed E-state index contributed by atoms with van der Waals surface area (Å²) in [5.74, 6) is -1.02. The molecule has 0 aliphatic heterocycles. The summed E-state index contributed by atoms with van der Waals surface area (Å²) in [6.07, 6.45) is 1.03. The van der Waals surface area contributed by atoms with Gasteiger partial charge in [-0.1, -0.05) is 53.7 Å². The lowest BCUT2D eigenvalue weighted by atomic mass is 9.79. The average molecular weight is 614 g/mol. The number of benzene rings is 2. The molecule has 0 unspecified atom stereocenters. The van der Waals surface area contributed by atoms with Crippen LogP contribution in [0.2, 0.25) is 0 Å². The van der Waals surface area contributed by atoms with Gasteiger partial charge in [0.05, 0.1) is 12.7 Å². The largest absolute Gasteiger partial charge is 0.462 e. The Morgan fingerprint density at radius 3 is 2.19 bits per heavy atom. The van der Waals surface area contributed by atoms with Gasteiger partial charge >= 0.3 is 13.7 Å². The fourth-order valence-corrected chi connectivity index (χ4v) is 6.01. The molecular weight excluding hydrogens is 569 g/mol. The quantitative estimate of drug-likeness (QED) is 0.167. The van der Waals surface area contributed by atoms with Crippen molar-refractivity contribution in [1.82, 2.24) is 10.1 Å². The van der Waals surface area contributed by atoms with Crippen molar-refractivity contribution in [2.75, 3.05) is 11.9 Å². The summed E-state index contributed by atoms with van der Waals surface area (Å²) in [5, 5.41) is 5.97. The van der Waals surface area contributed by atoms with Gasteiger partial charge in [0, 0.05) is 34.4 Å². The number of carbonyl (C=O) groups excluding carboxylic acids is 2. The number of nitrogens with one attached hydrogen (secondary N) is 3. The minimum absolute atomic E-state index is 0.0372. The number of carbonyl (C=O) groups is 2. The van der Waals surface area contributed by atoms with E-state index in [1.165, 1.54) is 13.1 Å². The molecule has 2 atom stereocenters. The molecule has 2 aromatic carbocycles. The minimum Gasteiger partial charge on any atom is -0.462 e. The van der Waals surface area contributed by atoms with Gasteiger partial charge in [-0.15, -0.1) is 0 Å². The van der Waals surface area contributed by atoms with Crippen LogP contribution >= 0.6 is 7.75 Å². The molecule has 0 radical (unpaired) electrons. The van der Waals surface area contributed by atoms with Crippen molar-refractivity contribution in [2.24, 2.45) is 0 Å². The van der Waals surface area contributed by atoms with E-state index in [0.29, 0.717) is 22.2 Å². The predicted molar refractivity (Wildman–Crippen MR) is 170 cm³/mol. The van der Waals surface area contributed by atoms with Gasteiger partial charge in [0.25, 0.3) is 5.91 Å². The Morgan fingerprint density at radius 1 is 0.977 bits per heavy atom. The number of para-hydroxylation sites is 1. The van der Waals surface area contributed by atoms with E-state index in [9.17, 15) is 18.9 Å².